The van der Waals surface area contributed by atoms with E-state index in [0.29, 0.717) is 0 Å². The maximum atomic E-state index is 8.88. The largest absolute Gasteiger partial charge is 0.466 e. The topological polar surface area (TPSA) is 122 Å². The van der Waals surface area contributed by atoms with Crippen LogP contribution in [0.5, 0.6) is 0 Å². The van der Waals surface area contributed by atoms with E-state index in [1.807, 2.05) is 30.5 Å². The molecule has 1 heterocycles. The zero-order chi connectivity index (χ0) is 11.3. The van der Waals surface area contributed by atoms with Crippen molar-refractivity contribution in [1.82, 2.24) is 4.98 Å². The lowest BCUT2D eigenvalue weighted by Gasteiger charge is -1.91. The second-order valence-electron chi connectivity index (χ2n) is 2.71. The number of phosphoric acid groups is 1. The molecule has 0 saturated carbocycles. The summed E-state index contributed by atoms with van der Waals surface area (Å²) >= 11 is 0. The predicted molar refractivity (Wildman–Crippen MR) is 59.6 cm³/mol. The summed E-state index contributed by atoms with van der Waals surface area (Å²) in [7, 11) is -4.64. The van der Waals surface area contributed by atoms with Crippen LogP contribution in [-0.4, -0.2) is 25.1 Å². The van der Waals surface area contributed by atoms with E-state index in [1.54, 1.807) is 0 Å². The summed E-state index contributed by atoms with van der Waals surface area (Å²) in [4.78, 5) is 25.7. The summed E-state index contributed by atoms with van der Waals surface area (Å²) in [6, 6.07) is 12.1. The van der Waals surface area contributed by atoms with Gasteiger partial charge in [-0.3, -0.25) is 4.98 Å². The third-order valence-electron chi connectivity index (χ3n) is 1.51. The molecule has 7 heteroatoms. The van der Waals surface area contributed by atoms with E-state index < -0.39 is 7.82 Å². The van der Waals surface area contributed by atoms with Gasteiger partial charge >= 0.3 is 7.82 Å². The van der Waals surface area contributed by atoms with E-state index in [1.165, 1.54) is 5.39 Å². The first-order valence-corrected chi connectivity index (χ1v) is 5.61. The molecule has 88 valence electrons. The summed E-state index contributed by atoms with van der Waals surface area (Å²) in [6.45, 7) is 0. The number of para-hydroxylation sites is 1. The van der Waals surface area contributed by atoms with Crippen molar-refractivity contribution in [2.75, 3.05) is 0 Å². The van der Waals surface area contributed by atoms with Crippen LogP contribution in [-0.2, 0) is 4.57 Å². The second-order valence-corrected chi connectivity index (χ2v) is 3.74. The van der Waals surface area contributed by atoms with Gasteiger partial charge in [0, 0.05) is 11.6 Å². The number of pyridine rings is 1. The second kappa shape index (κ2) is 6.32. The average Bonchev–Trinajstić information content (AvgIpc) is 2.16. The maximum absolute atomic E-state index is 8.88. The molecule has 0 aliphatic carbocycles. The van der Waals surface area contributed by atoms with Crippen LogP contribution in [0.1, 0.15) is 0 Å². The Labute approximate surface area is 91.8 Å². The third kappa shape index (κ3) is 6.23. The SMILES string of the molecule is O.O=P(O)(O)O.c1ccc2ncccc2c1. The van der Waals surface area contributed by atoms with Crippen LogP contribution in [0.2, 0.25) is 0 Å². The fourth-order valence-electron chi connectivity index (χ4n) is 1.02. The molecule has 0 saturated heterocycles. The molecule has 0 aliphatic rings. The first-order valence-electron chi connectivity index (χ1n) is 4.05. The third-order valence-corrected chi connectivity index (χ3v) is 1.51. The van der Waals surface area contributed by atoms with Gasteiger partial charge in [0.15, 0.2) is 0 Å². The summed E-state index contributed by atoms with van der Waals surface area (Å²) in [5, 5.41) is 1.20. The molecular formula is C9H12NO5P. The predicted octanol–water partition coefficient (Wildman–Crippen LogP) is 0.481. The van der Waals surface area contributed by atoms with Gasteiger partial charge in [0.1, 0.15) is 0 Å². The molecule has 1 aromatic heterocycles. The number of benzene rings is 1. The summed E-state index contributed by atoms with van der Waals surface area (Å²) in [5.41, 5.74) is 1.06. The Morgan fingerprint density at radius 2 is 1.50 bits per heavy atom. The van der Waals surface area contributed by atoms with Crippen LogP contribution < -0.4 is 0 Å². The van der Waals surface area contributed by atoms with Gasteiger partial charge in [-0.25, -0.2) is 4.57 Å². The van der Waals surface area contributed by atoms with Crippen molar-refractivity contribution in [2.45, 2.75) is 0 Å². The fraction of sp³-hybridized carbons (Fsp3) is 0. The Hall–Kier alpha value is -1.30. The van der Waals surface area contributed by atoms with Crippen LogP contribution in [0, 0.1) is 0 Å². The first kappa shape index (κ1) is 14.7. The normalized spacial score (nSPS) is 9.94. The van der Waals surface area contributed by atoms with E-state index in [4.69, 9.17) is 19.2 Å². The van der Waals surface area contributed by atoms with Crippen molar-refractivity contribution in [2.24, 2.45) is 0 Å². The minimum absolute atomic E-state index is 0. The van der Waals surface area contributed by atoms with Gasteiger partial charge in [-0.05, 0) is 12.1 Å². The Bertz CT molecular complexity index is 410. The van der Waals surface area contributed by atoms with Gasteiger partial charge in [0.2, 0.25) is 0 Å². The Kier molecular flexibility index (Phi) is 5.81. The summed E-state index contributed by atoms with van der Waals surface area (Å²) < 4.78 is 8.88. The molecule has 5 N–H and O–H groups in total. The summed E-state index contributed by atoms with van der Waals surface area (Å²) in [5.74, 6) is 0. The molecule has 0 amide bonds. The molecule has 0 atom stereocenters. The minimum atomic E-state index is -4.64. The van der Waals surface area contributed by atoms with E-state index in [2.05, 4.69) is 17.1 Å². The van der Waals surface area contributed by atoms with E-state index in [0.717, 1.165) is 5.52 Å². The van der Waals surface area contributed by atoms with Crippen LogP contribution in [0.3, 0.4) is 0 Å². The lowest BCUT2D eigenvalue weighted by atomic mass is 10.2. The molecule has 0 aliphatic heterocycles. The Balaban J connectivity index is 0.000000330. The van der Waals surface area contributed by atoms with Crippen molar-refractivity contribution in [1.29, 1.82) is 0 Å². The number of fused-ring (bicyclic) bond motifs is 1. The van der Waals surface area contributed by atoms with Crippen molar-refractivity contribution in [3.63, 3.8) is 0 Å². The van der Waals surface area contributed by atoms with Crippen LogP contribution >= 0.6 is 7.82 Å². The van der Waals surface area contributed by atoms with Gasteiger partial charge in [-0.15, -0.1) is 0 Å². The van der Waals surface area contributed by atoms with Crippen molar-refractivity contribution >= 4 is 18.7 Å². The zero-order valence-electron chi connectivity index (χ0n) is 8.19. The highest BCUT2D eigenvalue weighted by atomic mass is 31.2. The van der Waals surface area contributed by atoms with Crippen LogP contribution in [0.15, 0.2) is 42.6 Å². The number of rotatable bonds is 0. The Morgan fingerprint density at radius 1 is 1.00 bits per heavy atom. The molecule has 6 nitrogen and oxygen atoms in total. The van der Waals surface area contributed by atoms with Gasteiger partial charge in [0.25, 0.3) is 0 Å². The quantitative estimate of drug-likeness (QED) is 0.582. The number of nitrogens with zero attached hydrogens (tertiary/aromatic N) is 1. The highest BCUT2D eigenvalue weighted by molar-refractivity contribution is 7.45. The lowest BCUT2D eigenvalue weighted by Crippen LogP contribution is -1.73. The highest BCUT2D eigenvalue weighted by Gasteiger charge is 2.00. The Morgan fingerprint density at radius 3 is 2.06 bits per heavy atom. The standard InChI is InChI=1S/C9H7N.H3O4P.H2O/c1-2-6-9-8(4-1)5-3-7-10-9;1-5(2,3)4;/h1-7H;(H3,1,2,3,4);1H2. The molecule has 0 radical (unpaired) electrons. The molecule has 0 bridgehead atoms. The smallest absolute Gasteiger partial charge is 0.412 e. The van der Waals surface area contributed by atoms with Gasteiger partial charge < -0.3 is 20.2 Å². The van der Waals surface area contributed by atoms with Crippen LogP contribution in [0.25, 0.3) is 10.9 Å². The molecule has 0 spiro atoms. The lowest BCUT2D eigenvalue weighted by molar-refractivity contribution is 0.275. The van der Waals surface area contributed by atoms with E-state index in [-0.39, 0.29) is 5.48 Å². The van der Waals surface area contributed by atoms with Gasteiger partial charge in [0.05, 0.1) is 5.52 Å². The van der Waals surface area contributed by atoms with Gasteiger partial charge in [-0.2, -0.15) is 0 Å². The minimum Gasteiger partial charge on any atom is -0.412 e. The molecule has 2 rings (SSSR count). The summed E-state index contributed by atoms with van der Waals surface area (Å²) in [6.07, 6.45) is 1.81. The fourth-order valence-corrected chi connectivity index (χ4v) is 1.02. The van der Waals surface area contributed by atoms with Crippen LogP contribution in [0.4, 0.5) is 0 Å². The molecule has 0 unspecified atom stereocenters. The number of aromatic nitrogens is 1. The van der Waals surface area contributed by atoms with Gasteiger partial charge in [-0.1, -0.05) is 24.3 Å². The number of hydrogen-bond acceptors (Lipinski definition) is 2. The number of hydrogen-bond donors (Lipinski definition) is 3. The maximum Gasteiger partial charge on any atom is 0.466 e. The molecular weight excluding hydrogens is 233 g/mol. The molecule has 16 heavy (non-hydrogen) atoms. The average molecular weight is 245 g/mol. The first-order chi connectivity index (χ1) is 6.97. The monoisotopic (exact) mass is 245 g/mol. The zero-order valence-corrected chi connectivity index (χ0v) is 9.08. The van der Waals surface area contributed by atoms with Crippen molar-refractivity contribution in [3.8, 4) is 0 Å². The molecule has 0 fully saturated rings. The van der Waals surface area contributed by atoms with Crippen molar-refractivity contribution in [3.05, 3.63) is 42.6 Å². The van der Waals surface area contributed by atoms with E-state index in [9.17, 15) is 0 Å². The highest BCUT2D eigenvalue weighted by Crippen LogP contribution is 2.25. The van der Waals surface area contributed by atoms with E-state index >= 15 is 0 Å². The molecule has 2 aromatic rings. The van der Waals surface area contributed by atoms with Crippen molar-refractivity contribution < 1.29 is 24.7 Å². The molecule has 1 aromatic carbocycles.